The summed E-state index contributed by atoms with van der Waals surface area (Å²) in [5.41, 5.74) is 2.70. The molecule has 24 heavy (non-hydrogen) atoms. The van der Waals surface area contributed by atoms with E-state index >= 15 is 0 Å². The highest BCUT2D eigenvalue weighted by molar-refractivity contribution is 6.33. The maximum atomic E-state index is 2.29. The molecule has 0 aliphatic heterocycles. The molecule has 0 heteroatoms. The first-order valence-corrected chi connectivity index (χ1v) is 8.81. The van der Waals surface area contributed by atoms with Crippen LogP contribution in [0, 0.1) is 13.8 Å². The number of benzene rings is 5. The van der Waals surface area contributed by atoms with Crippen LogP contribution in [0.1, 0.15) is 25.0 Å². The molecule has 0 nitrogen and oxygen atoms in total. The van der Waals surface area contributed by atoms with Gasteiger partial charge >= 0.3 is 0 Å². The van der Waals surface area contributed by atoms with E-state index in [4.69, 9.17) is 0 Å². The highest BCUT2D eigenvalue weighted by Gasteiger charge is 2.13. The average Bonchev–Trinajstić information content (AvgIpc) is 2.64. The molecule has 0 atom stereocenters. The van der Waals surface area contributed by atoms with Gasteiger partial charge in [-0.05, 0) is 68.1 Å². The van der Waals surface area contributed by atoms with Crippen LogP contribution in [0.4, 0.5) is 0 Å². The zero-order chi connectivity index (χ0) is 16.8. The Morgan fingerprint density at radius 2 is 0.750 bits per heavy atom. The van der Waals surface area contributed by atoms with E-state index in [1.165, 1.54) is 54.2 Å². The normalized spacial score (nSPS) is 11.3. The van der Waals surface area contributed by atoms with Gasteiger partial charge in [0.2, 0.25) is 0 Å². The minimum Gasteiger partial charge on any atom is -0.0683 e. The van der Waals surface area contributed by atoms with Crippen molar-refractivity contribution in [3.8, 4) is 0 Å². The fourth-order valence-corrected chi connectivity index (χ4v) is 4.00. The molecule has 0 N–H and O–H groups in total. The fraction of sp³-hybridized carbons (Fsp3) is 0.167. The summed E-state index contributed by atoms with van der Waals surface area (Å²) in [4.78, 5) is 0. The summed E-state index contributed by atoms with van der Waals surface area (Å²) in [6, 6.07) is 22.5. The van der Waals surface area contributed by atoms with Gasteiger partial charge in [0.25, 0.3) is 0 Å². The molecule has 0 radical (unpaired) electrons. The van der Waals surface area contributed by atoms with Crippen LogP contribution in [0.2, 0.25) is 0 Å². The molecule has 0 aliphatic carbocycles. The Labute approximate surface area is 143 Å². The topological polar surface area (TPSA) is 0 Å². The molecule has 0 saturated heterocycles. The van der Waals surface area contributed by atoms with Gasteiger partial charge in [0.05, 0.1) is 0 Å². The Hall–Kier alpha value is -2.60. The maximum Gasteiger partial charge on any atom is -0.00237 e. The molecule has 0 aromatic heterocycles. The Kier molecular flexibility index (Phi) is 3.42. The van der Waals surface area contributed by atoms with Gasteiger partial charge in [0, 0.05) is 0 Å². The molecular formula is C24H22. The average molecular weight is 310 g/mol. The number of aryl methyl sites for hydroxylation is 2. The lowest BCUT2D eigenvalue weighted by molar-refractivity contribution is 1.50. The van der Waals surface area contributed by atoms with Gasteiger partial charge in [-0.2, -0.15) is 0 Å². The van der Waals surface area contributed by atoms with E-state index in [9.17, 15) is 0 Å². The minimum atomic E-state index is 1.35. The molecule has 0 saturated carbocycles. The highest BCUT2D eigenvalue weighted by atomic mass is 14.2. The molecule has 5 aromatic carbocycles. The third-order valence-electron chi connectivity index (χ3n) is 5.10. The van der Waals surface area contributed by atoms with Gasteiger partial charge in [-0.25, -0.2) is 0 Å². The smallest absolute Gasteiger partial charge is 0.00237 e. The van der Waals surface area contributed by atoms with Crippen molar-refractivity contribution in [1.29, 1.82) is 0 Å². The lowest BCUT2D eigenvalue weighted by Crippen LogP contribution is -1.89. The van der Waals surface area contributed by atoms with Crippen molar-refractivity contribution in [2.75, 3.05) is 0 Å². The molecule has 0 spiro atoms. The molecule has 5 aromatic rings. The summed E-state index contributed by atoms with van der Waals surface area (Å²) in [7, 11) is 0. The van der Waals surface area contributed by atoms with Crippen molar-refractivity contribution >= 4 is 43.1 Å². The van der Waals surface area contributed by atoms with E-state index in [1.54, 1.807) is 0 Å². The van der Waals surface area contributed by atoms with Crippen LogP contribution in [0.15, 0.2) is 60.7 Å². The monoisotopic (exact) mass is 310 g/mol. The largest absolute Gasteiger partial charge is 0.0683 e. The quantitative estimate of drug-likeness (QED) is 0.207. The Morgan fingerprint density at radius 3 is 1.17 bits per heavy atom. The number of fused-ring (bicyclic) bond motifs is 2. The second kappa shape index (κ2) is 5.49. The highest BCUT2D eigenvalue weighted by Crippen LogP contribution is 2.41. The number of hydrogen-bond donors (Lipinski definition) is 0. The van der Waals surface area contributed by atoms with Gasteiger partial charge in [0.1, 0.15) is 0 Å². The Balaban J connectivity index is 0.000000704. The Bertz CT molecular complexity index is 1060. The van der Waals surface area contributed by atoms with Crippen LogP contribution >= 0.6 is 0 Å². The molecule has 0 amide bonds. The first-order valence-electron chi connectivity index (χ1n) is 8.81. The van der Waals surface area contributed by atoms with E-state index in [2.05, 4.69) is 74.5 Å². The van der Waals surface area contributed by atoms with Gasteiger partial charge in [-0.1, -0.05) is 74.5 Å². The molecule has 5 rings (SSSR count). The van der Waals surface area contributed by atoms with Crippen LogP contribution in [0.25, 0.3) is 43.1 Å². The lowest BCUT2D eigenvalue weighted by atomic mass is 9.87. The first kappa shape index (κ1) is 15.0. The predicted octanol–water partition coefficient (Wildman–Crippen LogP) is 7.38. The van der Waals surface area contributed by atoms with E-state index in [0.717, 1.165) is 0 Å². The second-order valence-corrected chi connectivity index (χ2v) is 6.32. The summed E-state index contributed by atoms with van der Waals surface area (Å²) >= 11 is 0. The van der Waals surface area contributed by atoms with E-state index in [0.29, 0.717) is 0 Å². The van der Waals surface area contributed by atoms with Crippen LogP contribution in [-0.2, 0) is 0 Å². The number of hydrogen-bond acceptors (Lipinski definition) is 0. The summed E-state index contributed by atoms with van der Waals surface area (Å²) < 4.78 is 0. The van der Waals surface area contributed by atoms with E-state index in [-0.39, 0.29) is 0 Å². The summed E-state index contributed by atoms with van der Waals surface area (Å²) in [5.74, 6) is 0. The Morgan fingerprint density at radius 1 is 0.417 bits per heavy atom. The number of rotatable bonds is 0. The summed E-state index contributed by atoms with van der Waals surface area (Å²) in [6.07, 6.45) is 0. The zero-order valence-corrected chi connectivity index (χ0v) is 14.8. The molecule has 0 heterocycles. The summed E-state index contributed by atoms with van der Waals surface area (Å²) in [5, 5.41) is 11.1. The van der Waals surface area contributed by atoms with Gasteiger partial charge in [-0.15, -0.1) is 0 Å². The van der Waals surface area contributed by atoms with Crippen molar-refractivity contribution in [2.24, 2.45) is 0 Å². The minimum absolute atomic E-state index is 1.35. The second-order valence-electron chi connectivity index (χ2n) is 6.32. The molecule has 0 bridgehead atoms. The van der Waals surface area contributed by atoms with Crippen molar-refractivity contribution < 1.29 is 0 Å². The van der Waals surface area contributed by atoms with Crippen molar-refractivity contribution in [2.45, 2.75) is 27.7 Å². The molecular weight excluding hydrogens is 288 g/mol. The molecule has 0 unspecified atom stereocenters. The zero-order valence-electron chi connectivity index (χ0n) is 14.8. The van der Waals surface area contributed by atoms with Gasteiger partial charge in [-0.3, -0.25) is 0 Å². The van der Waals surface area contributed by atoms with Crippen LogP contribution in [0.3, 0.4) is 0 Å². The van der Waals surface area contributed by atoms with Crippen molar-refractivity contribution in [3.05, 3.63) is 71.8 Å². The van der Waals surface area contributed by atoms with Crippen molar-refractivity contribution in [3.63, 3.8) is 0 Å². The first-order chi connectivity index (χ1) is 11.8. The van der Waals surface area contributed by atoms with Gasteiger partial charge in [0.15, 0.2) is 0 Å². The third kappa shape index (κ3) is 1.86. The van der Waals surface area contributed by atoms with Crippen LogP contribution < -0.4 is 0 Å². The molecule has 0 fully saturated rings. The van der Waals surface area contributed by atoms with Crippen LogP contribution in [0.5, 0.6) is 0 Å². The third-order valence-corrected chi connectivity index (χ3v) is 5.10. The molecule has 118 valence electrons. The molecule has 0 aliphatic rings. The lowest BCUT2D eigenvalue weighted by Gasteiger charge is -2.16. The van der Waals surface area contributed by atoms with Crippen LogP contribution in [-0.4, -0.2) is 0 Å². The van der Waals surface area contributed by atoms with E-state index in [1.807, 2.05) is 13.8 Å². The maximum absolute atomic E-state index is 2.29. The van der Waals surface area contributed by atoms with Gasteiger partial charge < -0.3 is 0 Å². The standard InChI is InChI=1S/C22H16.C2H6/c1-13-9-11-19-18-8-4-6-16-14(2)10-12-20(22(16)18)17-7-3-5-15(13)21(17)19;1-2/h3-12H,1-2H3;1-2H3. The van der Waals surface area contributed by atoms with Crippen molar-refractivity contribution in [1.82, 2.24) is 0 Å². The fourth-order valence-electron chi connectivity index (χ4n) is 4.00. The summed E-state index contributed by atoms with van der Waals surface area (Å²) in [6.45, 7) is 8.41. The predicted molar refractivity (Wildman–Crippen MR) is 108 cm³/mol. The van der Waals surface area contributed by atoms with E-state index < -0.39 is 0 Å². The SMILES string of the molecule is CC.Cc1ccc2c3cccc4c(C)ccc(c5cccc1c52)c43.